The van der Waals surface area contributed by atoms with E-state index in [0.29, 0.717) is 23.6 Å². The number of esters is 1. The Balaban J connectivity index is 1.63. The lowest BCUT2D eigenvalue weighted by molar-refractivity contribution is -0.133. The Bertz CT molecular complexity index is 1110. The number of carbonyl (C=O) groups is 2. The number of methoxy groups -OCH3 is 2. The van der Waals surface area contributed by atoms with Crippen LogP contribution in [0.2, 0.25) is 0 Å². The van der Waals surface area contributed by atoms with Gasteiger partial charge in [-0.3, -0.25) is 4.79 Å². The molecule has 2 aromatic carbocycles. The zero-order valence-electron chi connectivity index (χ0n) is 19.0. The molecule has 0 bridgehead atoms. The third kappa shape index (κ3) is 4.94. The maximum atomic E-state index is 12.7. The van der Waals surface area contributed by atoms with E-state index in [2.05, 4.69) is 0 Å². The molecule has 7 heteroatoms. The second-order valence-corrected chi connectivity index (χ2v) is 7.47. The molecule has 0 saturated heterocycles. The highest BCUT2D eigenvalue weighted by Gasteiger charge is 2.20. The van der Waals surface area contributed by atoms with Crippen LogP contribution in [0.4, 0.5) is 0 Å². The Hall–Kier alpha value is -3.74. The number of aryl methyl sites for hydroxylation is 1. The smallest absolute Gasteiger partial charge is 0.340 e. The number of amides is 1. The van der Waals surface area contributed by atoms with Crippen LogP contribution in [0.15, 0.2) is 54.6 Å². The van der Waals surface area contributed by atoms with Crippen molar-refractivity contribution in [1.82, 2.24) is 9.47 Å². The highest BCUT2D eigenvalue weighted by molar-refractivity contribution is 5.93. The number of nitrogens with zero attached hydrogens (tertiary/aromatic N) is 2. The molecule has 0 aliphatic heterocycles. The molecule has 0 radical (unpaired) electrons. The van der Waals surface area contributed by atoms with Crippen LogP contribution in [-0.2, 0) is 16.1 Å². The average molecular weight is 437 g/mol. The van der Waals surface area contributed by atoms with Gasteiger partial charge in [0.05, 0.1) is 19.8 Å². The molecule has 0 atom stereocenters. The molecule has 0 N–H and O–H groups in total. The van der Waals surface area contributed by atoms with Crippen LogP contribution in [0.3, 0.4) is 0 Å². The van der Waals surface area contributed by atoms with E-state index in [4.69, 9.17) is 14.2 Å². The maximum Gasteiger partial charge on any atom is 0.340 e. The SMILES string of the molecule is COc1ccc(CN(C)C(=O)COC(=O)c2cc(C)n(-c3ccccc3)c2C)cc1OC. The molecular weight excluding hydrogens is 408 g/mol. The molecule has 168 valence electrons. The van der Waals surface area contributed by atoms with Crippen LogP contribution in [-0.4, -0.2) is 49.2 Å². The molecule has 1 aromatic heterocycles. The van der Waals surface area contributed by atoms with Crippen LogP contribution in [0.1, 0.15) is 27.3 Å². The Morgan fingerprint density at radius 1 is 0.938 bits per heavy atom. The first-order valence-corrected chi connectivity index (χ1v) is 10.2. The molecular formula is C25H28N2O5. The summed E-state index contributed by atoms with van der Waals surface area (Å²) in [6, 6.07) is 17.0. The number of carbonyl (C=O) groups excluding carboxylic acids is 2. The van der Waals surface area contributed by atoms with Gasteiger partial charge in [0, 0.05) is 30.7 Å². The minimum atomic E-state index is -0.520. The molecule has 1 amide bonds. The van der Waals surface area contributed by atoms with Gasteiger partial charge in [-0.25, -0.2) is 4.79 Å². The summed E-state index contributed by atoms with van der Waals surface area (Å²) in [5, 5.41) is 0. The van der Waals surface area contributed by atoms with Crippen molar-refractivity contribution in [3.63, 3.8) is 0 Å². The van der Waals surface area contributed by atoms with Crippen molar-refractivity contribution >= 4 is 11.9 Å². The third-order valence-electron chi connectivity index (χ3n) is 5.29. The molecule has 32 heavy (non-hydrogen) atoms. The van der Waals surface area contributed by atoms with E-state index in [1.807, 2.05) is 60.9 Å². The van der Waals surface area contributed by atoms with Gasteiger partial charge in [-0.2, -0.15) is 0 Å². The summed E-state index contributed by atoms with van der Waals surface area (Å²) in [6.07, 6.45) is 0. The van der Waals surface area contributed by atoms with Gasteiger partial charge in [-0.05, 0) is 49.7 Å². The first-order chi connectivity index (χ1) is 15.3. The summed E-state index contributed by atoms with van der Waals surface area (Å²) in [5.41, 5.74) is 3.97. The summed E-state index contributed by atoms with van der Waals surface area (Å²) in [7, 11) is 4.79. The molecule has 0 saturated carbocycles. The zero-order valence-corrected chi connectivity index (χ0v) is 19.0. The number of para-hydroxylation sites is 1. The number of hydrogen-bond donors (Lipinski definition) is 0. The molecule has 3 rings (SSSR count). The number of benzene rings is 2. The minimum absolute atomic E-state index is 0.301. The topological polar surface area (TPSA) is 70.0 Å². The predicted molar refractivity (Wildman–Crippen MR) is 122 cm³/mol. The highest BCUT2D eigenvalue weighted by Crippen LogP contribution is 2.28. The quantitative estimate of drug-likeness (QED) is 0.501. The van der Waals surface area contributed by atoms with Gasteiger partial charge in [0.1, 0.15) is 0 Å². The van der Waals surface area contributed by atoms with E-state index < -0.39 is 5.97 Å². The normalized spacial score (nSPS) is 10.5. The Morgan fingerprint density at radius 2 is 1.62 bits per heavy atom. The van der Waals surface area contributed by atoms with Crippen LogP contribution in [0.5, 0.6) is 11.5 Å². The summed E-state index contributed by atoms with van der Waals surface area (Å²) in [4.78, 5) is 26.7. The number of rotatable bonds is 8. The fourth-order valence-electron chi connectivity index (χ4n) is 3.60. The van der Waals surface area contributed by atoms with E-state index in [-0.39, 0.29) is 12.5 Å². The van der Waals surface area contributed by atoms with Gasteiger partial charge in [0.15, 0.2) is 18.1 Å². The summed E-state index contributed by atoms with van der Waals surface area (Å²) < 4.78 is 17.9. The van der Waals surface area contributed by atoms with E-state index >= 15 is 0 Å². The molecule has 1 heterocycles. The lowest BCUT2D eigenvalue weighted by Gasteiger charge is -2.18. The van der Waals surface area contributed by atoms with E-state index in [1.54, 1.807) is 33.4 Å². The minimum Gasteiger partial charge on any atom is -0.493 e. The van der Waals surface area contributed by atoms with Crippen molar-refractivity contribution in [3.8, 4) is 17.2 Å². The molecule has 0 spiro atoms. The summed E-state index contributed by atoms with van der Waals surface area (Å²) >= 11 is 0. The van der Waals surface area contributed by atoms with E-state index in [9.17, 15) is 9.59 Å². The highest BCUT2D eigenvalue weighted by atomic mass is 16.5. The van der Waals surface area contributed by atoms with Crippen molar-refractivity contribution < 1.29 is 23.8 Å². The standard InChI is InChI=1S/C25H28N2O5/c1-17-13-21(18(2)27(17)20-9-7-6-8-10-20)25(29)32-16-24(28)26(3)15-19-11-12-22(30-4)23(14-19)31-5/h6-14H,15-16H2,1-5H3. The van der Waals surface area contributed by atoms with Gasteiger partial charge in [0.2, 0.25) is 0 Å². The molecule has 0 aliphatic rings. The lowest BCUT2D eigenvalue weighted by Crippen LogP contribution is -2.30. The first kappa shape index (κ1) is 22.9. The number of ether oxygens (including phenoxy) is 3. The fraction of sp³-hybridized carbons (Fsp3) is 0.280. The van der Waals surface area contributed by atoms with Gasteiger partial charge in [-0.1, -0.05) is 24.3 Å². The van der Waals surface area contributed by atoms with Crippen LogP contribution < -0.4 is 9.47 Å². The largest absolute Gasteiger partial charge is 0.493 e. The van der Waals surface area contributed by atoms with Gasteiger partial charge >= 0.3 is 5.97 Å². The Kier molecular flexibility index (Phi) is 7.20. The molecule has 0 fully saturated rings. The molecule has 0 aliphatic carbocycles. The first-order valence-electron chi connectivity index (χ1n) is 10.2. The van der Waals surface area contributed by atoms with Crippen molar-refractivity contribution in [3.05, 3.63) is 77.1 Å². The van der Waals surface area contributed by atoms with Crippen LogP contribution in [0.25, 0.3) is 5.69 Å². The van der Waals surface area contributed by atoms with Crippen molar-refractivity contribution in [1.29, 1.82) is 0 Å². The second-order valence-electron chi connectivity index (χ2n) is 7.47. The van der Waals surface area contributed by atoms with Crippen molar-refractivity contribution in [2.75, 3.05) is 27.9 Å². The van der Waals surface area contributed by atoms with Gasteiger partial charge < -0.3 is 23.7 Å². The summed E-state index contributed by atoms with van der Waals surface area (Å²) in [5.74, 6) is 0.386. The maximum absolute atomic E-state index is 12.7. The van der Waals surface area contributed by atoms with Crippen LogP contribution in [0, 0.1) is 13.8 Å². The van der Waals surface area contributed by atoms with Gasteiger partial charge in [0.25, 0.3) is 5.91 Å². The Labute approximate surface area is 188 Å². The van der Waals surface area contributed by atoms with Crippen LogP contribution >= 0.6 is 0 Å². The van der Waals surface area contributed by atoms with E-state index in [1.165, 1.54) is 4.90 Å². The summed E-state index contributed by atoms with van der Waals surface area (Å²) in [6.45, 7) is 3.80. The average Bonchev–Trinajstić information content (AvgIpc) is 3.11. The predicted octanol–water partition coefficient (Wildman–Crippen LogP) is 3.93. The lowest BCUT2D eigenvalue weighted by atomic mass is 10.2. The zero-order chi connectivity index (χ0) is 23.3. The molecule has 0 unspecified atom stereocenters. The van der Waals surface area contributed by atoms with E-state index in [0.717, 1.165) is 22.6 Å². The number of aromatic nitrogens is 1. The Morgan fingerprint density at radius 3 is 2.28 bits per heavy atom. The molecule has 3 aromatic rings. The third-order valence-corrected chi connectivity index (χ3v) is 5.29. The van der Waals surface area contributed by atoms with Crippen molar-refractivity contribution in [2.45, 2.75) is 20.4 Å². The fourth-order valence-corrected chi connectivity index (χ4v) is 3.60. The second kappa shape index (κ2) is 10.0. The van der Waals surface area contributed by atoms with Crippen molar-refractivity contribution in [2.24, 2.45) is 0 Å². The molecule has 7 nitrogen and oxygen atoms in total. The number of hydrogen-bond acceptors (Lipinski definition) is 5. The number of likely N-dealkylation sites (N-methyl/N-ethyl adjacent to an activating group) is 1. The monoisotopic (exact) mass is 436 g/mol. The van der Waals surface area contributed by atoms with Gasteiger partial charge in [-0.15, -0.1) is 0 Å².